The Labute approximate surface area is 178 Å². The second kappa shape index (κ2) is 11.7. The molecule has 1 heterocycles. The molecule has 0 radical (unpaired) electrons. The van der Waals surface area contributed by atoms with Crippen LogP contribution in [0, 0.1) is 12.8 Å². The zero-order valence-corrected chi connectivity index (χ0v) is 19.3. The lowest BCUT2D eigenvalue weighted by Gasteiger charge is -2.20. The lowest BCUT2D eigenvalue weighted by Crippen LogP contribution is -2.45. The third-order valence-corrected chi connectivity index (χ3v) is 5.26. The van der Waals surface area contributed by atoms with Crippen LogP contribution in [-0.2, 0) is 4.79 Å². The Morgan fingerprint density at radius 1 is 1.35 bits per heavy atom. The fourth-order valence-corrected chi connectivity index (χ4v) is 3.57. The third kappa shape index (κ3) is 7.34. The van der Waals surface area contributed by atoms with Crippen LogP contribution in [-0.4, -0.2) is 55.2 Å². The molecule has 0 aromatic heterocycles. The van der Waals surface area contributed by atoms with Gasteiger partial charge in [-0.1, -0.05) is 31.5 Å². The number of thioether (sulfide) groups is 1. The van der Waals surface area contributed by atoms with Crippen LogP contribution in [0.2, 0.25) is 0 Å². The third-order valence-electron chi connectivity index (χ3n) is 4.24. The van der Waals surface area contributed by atoms with E-state index in [4.69, 9.17) is 0 Å². The van der Waals surface area contributed by atoms with Gasteiger partial charge in [-0.15, -0.1) is 35.7 Å². The van der Waals surface area contributed by atoms with Crippen molar-refractivity contribution < 1.29 is 4.79 Å². The lowest BCUT2D eigenvalue weighted by molar-refractivity contribution is -0.133. The Kier molecular flexibility index (Phi) is 10.4. The highest BCUT2D eigenvalue weighted by Crippen LogP contribution is 2.17. The lowest BCUT2D eigenvalue weighted by atomic mass is 10.2. The largest absolute Gasteiger partial charge is 0.356 e. The molecule has 1 unspecified atom stereocenters. The maximum atomic E-state index is 12.1. The van der Waals surface area contributed by atoms with Crippen LogP contribution in [0.3, 0.4) is 0 Å². The highest BCUT2D eigenvalue weighted by atomic mass is 127. The monoisotopic (exact) mass is 490 g/mol. The SMILES string of the molecule is CN=C(NCCSc1ccc(C)cc1)NC1CCN(C(=O)C(C)C)C1.I. The van der Waals surface area contributed by atoms with Crippen molar-refractivity contribution in [3.05, 3.63) is 29.8 Å². The highest BCUT2D eigenvalue weighted by Gasteiger charge is 2.27. The Morgan fingerprint density at radius 2 is 2.04 bits per heavy atom. The molecule has 1 aromatic rings. The minimum Gasteiger partial charge on any atom is -0.356 e. The number of nitrogens with one attached hydrogen (secondary N) is 2. The number of guanidine groups is 1. The molecule has 2 N–H and O–H groups in total. The summed E-state index contributed by atoms with van der Waals surface area (Å²) in [6.07, 6.45) is 0.970. The molecule has 146 valence electrons. The molecule has 1 fully saturated rings. The Morgan fingerprint density at radius 3 is 2.65 bits per heavy atom. The summed E-state index contributed by atoms with van der Waals surface area (Å²) in [6.45, 7) is 8.44. The zero-order chi connectivity index (χ0) is 18.2. The van der Waals surface area contributed by atoms with Crippen LogP contribution in [0.5, 0.6) is 0 Å². The average Bonchev–Trinajstić information content (AvgIpc) is 3.06. The molecular weight excluding hydrogens is 459 g/mol. The highest BCUT2D eigenvalue weighted by molar-refractivity contribution is 14.0. The van der Waals surface area contributed by atoms with Gasteiger partial charge in [-0.2, -0.15) is 0 Å². The van der Waals surface area contributed by atoms with E-state index in [1.165, 1.54) is 10.5 Å². The molecule has 1 saturated heterocycles. The van der Waals surface area contributed by atoms with Crippen LogP contribution >= 0.6 is 35.7 Å². The Balaban J connectivity index is 0.00000338. The molecule has 5 nitrogen and oxygen atoms in total. The smallest absolute Gasteiger partial charge is 0.225 e. The van der Waals surface area contributed by atoms with Gasteiger partial charge in [-0.3, -0.25) is 9.79 Å². The first kappa shape index (κ1) is 23.1. The van der Waals surface area contributed by atoms with E-state index in [0.29, 0.717) is 0 Å². The van der Waals surface area contributed by atoms with Gasteiger partial charge in [0.15, 0.2) is 5.96 Å². The van der Waals surface area contributed by atoms with Gasteiger partial charge in [0, 0.05) is 49.3 Å². The van der Waals surface area contributed by atoms with Crippen LogP contribution in [0.25, 0.3) is 0 Å². The van der Waals surface area contributed by atoms with Crippen molar-refractivity contribution >= 4 is 47.6 Å². The summed E-state index contributed by atoms with van der Waals surface area (Å²) in [6, 6.07) is 8.87. The summed E-state index contributed by atoms with van der Waals surface area (Å²) in [5.74, 6) is 2.09. The number of amides is 1. The van der Waals surface area contributed by atoms with Gasteiger partial charge in [0.25, 0.3) is 0 Å². The van der Waals surface area contributed by atoms with E-state index in [1.807, 2.05) is 30.5 Å². The minimum absolute atomic E-state index is 0. The van der Waals surface area contributed by atoms with Crippen LogP contribution < -0.4 is 10.6 Å². The van der Waals surface area contributed by atoms with Crippen LogP contribution in [0.1, 0.15) is 25.8 Å². The van der Waals surface area contributed by atoms with E-state index < -0.39 is 0 Å². The quantitative estimate of drug-likeness (QED) is 0.212. The molecule has 26 heavy (non-hydrogen) atoms. The van der Waals surface area contributed by atoms with E-state index in [1.54, 1.807) is 7.05 Å². The van der Waals surface area contributed by atoms with Gasteiger partial charge in [0.2, 0.25) is 5.91 Å². The summed E-state index contributed by atoms with van der Waals surface area (Å²) >= 11 is 1.83. The number of likely N-dealkylation sites (tertiary alicyclic amines) is 1. The van der Waals surface area contributed by atoms with Gasteiger partial charge in [-0.25, -0.2) is 0 Å². The molecule has 0 spiro atoms. The number of carbonyl (C=O) groups excluding carboxylic acids is 1. The topological polar surface area (TPSA) is 56.7 Å². The van der Waals surface area contributed by atoms with Gasteiger partial charge in [-0.05, 0) is 25.5 Å². The first-order valence-corrected chi connectivity index (χ1v) is 9.93. The van der Waals surface area contributed by atoms with E-state index in [0.717, 1.165) is 37.8 Å². The molecule has 2 rings (SSSR count). The fourth-order valence-electron chi connectivity index (χ4n) is 2.80. The number of hydrogen-bond donors (Lipinski definition) is 2. The molecule has 1 aliphatic heterocycles. The molecule has 1 atom stereocenters. The number of aryl methyl sites for hydroxylation is 1. The van der Waals surface area contributed by atoms with Gasteiger partial charge >= 0.3 is 0 Å². The summed E-state index contributed by atoms with van der Waals surface area (Å²) in [7, 11) is 1.79. The predicted molar refractivity (Wildman–Crippen MR) is 122 cm³/mol. The van der Waals surface area contributed by atoms with Crippen LogP contribution in [0.4, 0.5) is 0 Å². The van der Waals surface area contributed by atoms with Gasteiger partial charge < -0.3 is 15.5 Å². The van der Waals surface area contributed by atoms with E-state index in [-0.39, 0.29) is 41.8 Å². The van der Waals surface area contributed by atoms with Crippen molar-refractivity contribution in [2.24, 2.45) is 10.9 Å². The Hall–Kier alpha value is -0.960. The molecule has 0 aliphatic carbocycles. The number of carbonyl (C=O) groups is 1. The maximum absolute atomic E-state index is 12.1. The van der Waals surface area contributed by atoms with Crippen molar-refractivity contribution in [2.45, 2.75) is 38.1 Å². The second-order valence-corrected chi connectivity index (χ2v) is 7.90. The summed E-state index contributed by atoms with van der Waals surface area (Å²) in [5.41, 5.74) is 1.29. The molecule has 0 bridgehead atoms. The van der Waals surface area contributed by atoms with E-state index in [9.17, 15) is 4.79 Å². The first-order valence-electron chi connectivity index (χ1n) is 8.95. The molecule has 1 amide bonds. The van der Waals surface area contributed by atoms with Crippen molar-refractivity contribution in [2.75, 3.05) is 32.4 Å². The number of aliphatic imine (C=N–C) groups is 1. The maximum Gasteiger partial charge on any atom is 0.225 e. The normalized spacial score (nSPS) is 17.2. The van der Waals surface area contributed by atoms with Crippen LogP contribution in [0.15, 0.2) is 34.2 Å². The summed E-state index contributed by atoms with van der Waals surface area (Å²) in [4.78, 5) is 19.6. The van der Waals surface area contributed by atoms with Crippen molar-refractivity contribution in [1.82, 2.24) is 15.5 Å². The number of nitrogens with zero attached hydrogens (tertiary/aromatic N) is 2. The number of hydrogen-bond acceptors (Lipinski definition) is 3. The second-order valence-electron chi connectivity index (χ2n) is 6.73. The average molecular weight is 490 g/mol. The Bertz CT molecular complexity index is 592. The van der Waals surface area contributed by atoms with Crippen molar-refractivity contribution in [3.63, 3.8) is 0 Å². The van der Waals surface area contributed by atoms with Gasteiger partial charge in [0.05, 0.1) is 0 Å². The molecular formula is C19H31IN4OS. The summed E-state index contributed by atoms with van der Waals surface area (Å²) < 4.78 is 0. The molecule has 0 saturated carbocycles. The fraction of sp³-hybridized carbons (Fsp3) is 0.579. The standard InChI is InChI=1S/C19H30N4OS.HI/c1-14(2)18(24)23-11-9-16(13-23)22-19(20-4)21-10-12-25-17-7-5-15(3)6-8-17;/h5-8,14,16H,9-13H2,1-4H3,(H2,20,21,22);1H. The van der Waals surface area contributed by atoms with Gasteiger partial charge in [0.1, 0.15) is 0 Å². The zero-order valence-electron chi connectivity index (χ0n) is 16.1. The van der Waals surface area contributed by atoms with E-state index in [2.05, 4.69) is 46.8 Å². The van der Waals surface area contributed by atoms with Crippen molar-refractivity contribution in [3.8, 4) is 0 Å². The van der Waals surface area contributed by atoms with Crippen molar-refractivity contribution in [1.29, 1.82) is 0 Å². The molecule has 1 aromatic carbocycles. The minimum atomic E-state index is 0. The number of rotatable bonds is 6. The molecule has 7 heteroatoms. The van der Waals surface area contributed by atoms with E-state index >= 15 is 0 Å². The number of halogens is 1. The summed E-state index contributed by atoms with van der Waals surface area (Å²) in [5, 5.41) is 6.79. The number of benzene rings is 1. The molecule has 1 aliphatic rings. The predicted octanol–water partition coefficient (Wildman–Crippen LogP) is 3.13. The first-order chi connectivity index (χ1) is 12.0.